The van der Waals surface area contributed by atoms with E-state index in [4.69, 9.17) is 0 Å². The lowest BCUT2D eigenvalue weighted by atomic mass is 10.0. The van der Waals surface area contributed by atoms with Crippen LogP contribution >= 0.6 is 11.8 Å². The molecule has 0 radical (unpaired) electrons. The van der Waals surface area contributed by atoms with Gasteiger partial charge >= 0.3 is 0 Å². The topological polar surface area (TPSA) is 49.4 Å². The summed E-state index contributed by atoms with van der Waals surface area (Å²) in [4.78, 5) is 28.3. The van der Waals surface area contributed by atoms with Crippen molar-refractivity contribution in [3.05, 3.63) is 107 Å². The van der Waals surface area contributed by atoms with Crippen molar-refractivity contribution in [2.24, 2.45) is 0 Å². The zero-order valence-electron chi connectivity index (χ0n) is 19.6. The van der Waals surface area contributed by atoms with Crippen LogP contribution in [-0.2, 0) is 28.3 Å². The van der Waals surface area contributed by atoms with Crippen LogP contribution in [0.2, 0.25) is 0 Å². The molecule has 0 aliphatic rings. The molecular weight excluding hydrogens is 447 g/mol. The molecule has 1 N–H and O–H groups in total. The van der Waals surface area contributed by atoms with Crippen molar-refractivity contribution in [3.8, 4) is 0 Å². The van der Waals surface area contributed by atoms with Crippen LogP contribution in [0.4, 0.5) is 4.39 Å². The van der Waals surface area contributed by atoms with Crippen molar-refractivity contribution < 1.29 is 14.0 Å². The molecule has 3 aromatic rings. The van der Waals surface area contributed by atoms with Crippen molar-refractivity contribution in [1.82, 2.24) is 10.2 Å². The molecule has 3 aromatic carbocycles. The first-order valence-corrected chi connectivity index (χ1v) is 12.6. The Balaban J connectivity index is 1.86. The third-order valence-corrected chi connectivity index (χ3v) is 6.33. The van der Waals surface area contributed by atoms with Gasteiger partial charge in [0.25, 0.3) is 0 Å². The molecule has 34 heavy (non-hydrogen) atoms. The highest BCUT2D eigenvalue weighted by Gasteiger charge is 2.31. The normalized spacial score (nSPS) is 11.8. The van der Waals surface area contributed by atoms with Gasteiger partial charge in [-0.05, 0) is 31.0 Å². The van der Waals surface area contributed by atoms with Gasteiger partial charge in [0, 0.05) is 30.3 Å². The lowest BCUT2D eigenvalue weighted by Gasteiger charge is -2.32. The minimum absolute atomic E-state index is 0.0282. The molecule has 178 valence electrons. The van der Waals surface area contributed by atoms with Crippen LogP contribution in [0.3, 0.4) is 0 Å². The Morgan fingerprint density at radius 2 is 1.47 bits per heavy atom. The van der Waals surface area contributed by atoms with Gasteiger partial charge in [0.1, 0.15) is 11.9 Å². The van der Waals surface area contributed by atoms with E-state index in [1.165, 1.54) is 22.7 Å². The first-order valence-electron chi connectivity index (χ1n) is 11.4. The van der Waals surface area contributed by atoms with Crippen LogP contribution < -0.4 is 5.32 Å². The van der Waals surface area contributed by atoms with Crippen molar-refractivity contribution in [1.29, 1.82) is 0 Å². The molecule has 0 spiro atoms. The van der Waals surface area contributed by atoms with E-state index in [9.17, 15) is 14.0 Å². The first kappa shape index (κ1) is 25.5. The van der Waals surface area contributed by atoms with Crippen LogP contribution in [0, 0.1) is 5.82 Å². The summed E-state index contributed by atoms with van der Waals surface area (Å²) < 4.78 is 14.5. The fraction of sp³-hybridized carbons (Fsp3) is 0.286. The molecule has 1 unspecified atom stereocenters. The Hall–Kier alpha value is -3.12. The molecule has 0 aromatic heterocycles. The second-order valence-electron chi connectivity index (χ2n) is 8.46. The number of amides is 2. The first-order chi connectivity index (χ1) is 16.4. The Morgan fingerprint density at radius 1 is 0.882 bits per heavy atom. The van der Waals surface area contributed by atoms with E-state index in [1.807, 2.05) is 74.5 Å². The van der Waals surface area contributed by atoms with E-state index in [0.717, 1.165) is 11.1 Å². The van der Waals surface area contributed by atoms with Crippen LogP contribution in [0.25, 0.3) is 0 Å². The number of thioether (sulfide) groups is 1. The van der Waals surface area contributed by atoms with Crippen molar-refractivity contribution in [3.63, 3.8) is 0 Å². The van der Waals surface area contributed by atoms with Crippen molar-refractivity contribution in [2.75, 3.05) is 5.75 Å². The highest BCUT2D eigenvalue weighted by molar-refractivity contribution is 7.99. The Morgan fingerprint density at radius 3 is 2.09 bits per heavy atom. The van der Waals surface area contributed by atoms with Gasteiger partial charge in [-0.15, -0.1) is 11.8 Å². The molecule has 0 aliphatic heterocycles. The number of carbonyl (C=O) groups excluding carboxylic acids is 2. The zero-order valence-corrected chi connectivity index (χ0v) is 20.4. The van der Waals surface area contributed by atoms with Crippen LogP contribution in [0.5, 0.6) is 0 Å². The summed E-state index contributed by atoms with van der Waals surface area (Å²) in [5.74, 6) is 0.0613. The van der Waals surface area contributed by atoms with E-state index >= 15 is 0 Å². The molecule has 0 saturated heterocycles. The monoisotopic (exact) mass is 478 g/mol. The molecular formula is C28H31FN2O2S. The third-order valence-electron chi connectivity index (χ3n) is 5.34. The molecule has 3 rings (SSSR count). The number of rotatable bonds is 11. The summed E-state index contributed by atoms with van der Waals surface area (Å²) >= 11 is 1.49. The van der Waals surface area contributed by atoms with Gasteiger partial charge < -0.3 is 10.2 Å². The summed E-state index contributed by atoms with van der Waals surface area (Å²) in [6, 6.07) is 25.1. The van der Waals surface area contributed by atoms with E-state index in [-0.39, 0.29) is 36.0 Å². The number of benzene rings is 3. The number of halogens is 1. The summed E-state index contributed by atoms with van der Waals surface area (Å²) in [7, 11) is 0. The largest absolute Gasteiger partial charge is 0.352 e. The van der Waals surface area contributed by atoms with E-state index < -0.39 is 6.04 Å². The lowest BCUT2D eigenvalue weighted by Crippen LogP contribution is -2.52. The van der Waals surface area contributed by atoms with Gasteiger partial charge in [-0.3, -0.25) is 9.59 Å². The predicted molar refractivity (Wildman–Crippen MR) is 137 cm³/mol. The average molecular weight is 479 g/mol. The Labute approximate surface area is 205 Å². The third kappa shape index (κ3) is 7.73. The molecule has 0 bridgehead atoms. The summed E-state index contributed by atoms with van der Waals surface area (Å²) in [5, 5.41) is 2.95. The second-order valence-corrected chi connectivity index (χ2v) is 9.45. The van der Waals surface area contributed by atoms with Crippen molar-refractivity contribution in [2.45, 2.75) is 44.6 Å². The standard InChI is InChI=1S/C28H31FN2O2S/c1-21(2)30-28(33)26(17-22-11-5-3-6-12-22)31(18-24-15-9-10-16-25(24)29)27(32)20-34-19-23-13-7-4-8-14-23/h3-16,21,26H,17-20H2,1-2H3,(H,30,33). The smallest absolute Gasteiger partial charge is 0.243 e. The molecule has 0 fully saturated rings. The summed E-state index contributed by atoms with van der Waals surface area (Å²) in [6.07, 6.45) is 0.350. The van der Waals surface area contributed by atoms with Crippen LogP contribution in [0.15, 0.2) is 84.9 Å². The zero-order chi connectivity index (χ0) is 24.3. The minimum Gasteiger partial charge on any atom is -0.352 e. The maximum absolute atomic E-state index is 14.5. The summed E-state index contributed by atoms with van der Waals surface area (Å²) in [5.41, 5.74) is 2.45. The Kier molecular flexibility index (Phi) is 9.71. The number of nitrogens with zero attached hydrogens (tertiary/aromatic N) is 1. The van der Waals surface area contributed by atoms with Gasteiger partial charge in [-0.1, -0.05) is 78.9 Å². The molecule has 1 atom stereocenters. The molecule has 0 aliphatic carbocycles. The van der Waals surface area contributed by atoms with E-state index in [0.29, 0.717) is 17.7 Å². The lowest BCUT2D eigenvalue weighted by molar-refractivity contribution is -0.139. The molecule has 0 heterocycles. The molecule has 2 amide bonds. The van der Waals surface area contributed by atoms with Crippen LogP contribution in [-0.4, -0.2) is 34.6 Å². The minimum atomic E-state index is -0.755. The fourth-order valence-electron chi connectivity index (χ4n) is 3.66. The second kappa shape index (κ2) is 12.9. The van der Waals surface area contributed by atoms with Gasteiger partial charge in [0.05, 0.1) is 5.75 Å². The number of nitrogens with one attached hydrogen (secondary N) is 1. The van der Waals surface area contributed by atoms with Gasteiger partial charge in [0.2, 0.25) is 11.8 Å². The van der Waals surface area contributed by atoms with E-state index in [2.05, 4.69) is 5.32 Å². The highest BCUT2D eigenvalue weighted by Crippen LogP contribution is 2.19. The van der Waals surface area contributed by atoms with E-state index in [1.54, 1.807) is 18.2 Å². The maximum atomic E-state index is 14.5. The SMILES string of the molecule is CC(C)NC(=O)C(Cc1ccccc1)N(Cc1ccccc1F)C(=O)CSCc1ccccc1. The van der Waals surface area contributed by atoms with Crippen LogP contribution in [0.1, 0.15) is 30.5 Å². The maximum Gasteiger partial charge on any atom is 0.243 e. The number of carbonyl (C=O) groups is 2. The quantitative estimate of drug-likeness (QED) is 0.411. The predicted octanol–water partition coefficient (Wildman–Crippen LogP) is 5.22. The number of hydrogen-bond acceptors (Lipinski definition) is 3. The van der Waals surface area contributed by atoms with Gasteiger partial charge in [-0.25, -0.2) is 4.39 Å². The highest BCUT2D eigenvalue weighted by atomic mass is 32.2. The van der Waals surface area contributed by atoms with Crippen molar-refractivity contribution >= 4 is 23.6 Å². The average Bonchev–Trinajstić information content (AvgIpc) is 2.83. The van der Waals surface area contributed by atoms with Gasteiger partial charge in [0.15, 0.2) is 0 Å². The number of hydrogen-bond donors (Lipinski definition) is 1. The molecule has 0 saturated carbocycles. The fourth-order valence-corrected chi connectivity index (χ4v) is 4.53. The molecule has 6 heteroatoms. The molecule has 4 nitrogen and oxygen atoms in total. The summed E-state index contributed by atoms with van der Waals surface area (Å²) in [6.45, 7) is 3.80. The van der Waals surface area contributed by atoms with Gasteiger partial charge in [-0.2, -0.15) is 0 Å². The Bertz CT molecular complexity index is 1060.